The van der Waals surface area contributed by atoms with Crippen molar-refractivity contribution in [3.8, 4) is 0 Å². The third-order valence-electron chi connectivity index (χ3n) is 3.84. The predicted octanol–water partition coefficient (Wildman–Crippen LogP) is 3.05. The van der Waals surface area contributed by atoms with E-state index in [1.165, 1.54) is 11.3 Å². The summed E-state index contributed by atoms with van der Waals surface area (Å²) >= 11 is 0. The molecule has 0 amide bonds. The fraction of sp³-hybridized carbons (Fsp3) is 0.312. The zero-order valence-electron chi connectivity index (χ0n) is 11.1. The predicted molar refractivity (Wildman–Crippen MR) is 76.5 cm³/mol. The molecule has 0 bridgehead atoms. The number of nitrogens with zero attached hydrogens (tertiary/aromatic N) is 2. The summed E-state index contributed by atoms with van der Waals surface area (Å²) < 4.78 is 0. The van der Waals surface area contributed by atoms with Gasteiger partial charge < -0.3 is 10.0 Å². The fourth-order valence-corrected chi connectivity index (χ4v) is 2.82. The normalized spacial score (nSPS) is 18.2. The Morgan fingerprint density at radius 1 is 1.26 bits per heavy atom. The lowest BCUT2D eigenvalue weighted by atomic mass is 9.95. The average molecular weight is 254 g/mol. The molecular formula is C16H18N2O. The van der Waals surface area contributed by atoms with Crippen LogP contribution >= 0.6 is 0 Å². The molecule has 2 heterocycles. The number of pyridine rings is 1. The van der Waals surface area contributed by atoms with E-state index in [0.29, 0.717) is 6.04 Å². The van der Waals surface area contributed by atoms with Crippen LogP contribution in [0.2, 0.25) is 0 Å². The number of para-hydroxylation sites is 1. The first kappa shape index (κ1) is 12.2. The Hall–Kier alpha value is -1.87. The van der Waals surface area contributed by atoms with E-state index in [0.717, 1.165) is 24.1 Å². The molecule has 3 rings (SSSR count). The molecule has 3 heteroatoms. The van der Waals surface area contributed by atoms with Crippen molar-refractivity contribution in [3.63, 3.8) is 0 Å². The average Bonchev–Trinajstić information content (AvgIpc) is 2.47. The van der Waals surface area contributed by atoms with Crippen molar-refractivity contribution in [1.82, 2.24) is 4.98 Å². The van der Waals surface area contributed by atoms with Crippen LogP contribution in [0.25, 0.3) is 0 Å². The molecular weight excluding hydrogens is 236 g/mol. The zero-order chi connectivity index (χ0) is 13.2. The smallest absolute Gasteiger partial charge is 0.0703 e. The van der Waals surface area contributed by atoms with Gasteiger partial charge in [-0.25, -0.2) is 0 Å². The molecule has 0 saturated heterocycles. The third kappa shape index (κ3) is 2.10. The summed E-state index contributed by atoms with van der Waals surface area (Å²) in [5.41, 5.74) is 4.56. The van der Waals surface area contributed by atoms with Crippen molar-refractivity contribution in [3.05, 3.63) is 53.9 Å². The number of aromatic nitrogens is 1. The van der Waals surface area contributed by atoms with E-state index < -0.39 is 0 Å². The van der Waals surface area contributed by atoms with Gasteiger partial charge in [-0.3, -0.25) is 4.98 Å². The molecule has 2 aromatic rings. The lowest BCUT2D eigenvalue weighted by molar-refractivity contribution is 0.282. The van der Waals surface area contributed by atoms with Gasteiger partial charge in [0.25, 0.3) is 0 Å². The number of fused-ring (bicyclic) bond motifs is 1. The minimum absolute atomic E-state index is 0.0449. The zero-order valence-corrected chi connectivity index (χ0v) is 11.1. The highest BCUT2D eigenvalue weighted by atomic mass is 16.3. The molecule has 1 aliphatic heterocycles. The largest absolute Gasteiger partial charge is 0.392 e. The molecule has 0 spiro atoms. The Bertz CT molecular complexity index is 582. The van der Waals surface area contributed by atoms with E-state index in [2.05, 4.69) is 41.1 Å². The van der Waals surface area contributed by atoms with E-state index in [4.69, 9.17) is 0 Å². The van der Waals surface area contributed by atoms with Gasteiger partial charge in [-0.2, -0.15) is 0 Å². The Morgan fingerprint density at radius 3 is 2.95 bits per heavy atom. The van der Waals surface area contributed by atoms with Gasteiger partial charge in [0, 0.05) is 23.5 Å². The van der Waals surface area contributed by atoms with Gasteiger partial charge in [-0.1, -0.05) is 18.2 Å². The number of rotatable bonds is 2. The molecule has 1 atom stereocenters. The van der Waals surface area contributed by atoms with Crippen molar-refractivity contribution < 1.29 is 5.11 Å². The summed E-state index contributed by atoms with van der Waals surface area (Å²) in [5, 5.41) is 9.53. The van der Waals surface area contributed by atoms with E-state index in [9.17, 15) is 5.11 Å². The molecule has 1 aromatic heterocycles. The van der Waals surface area contributed by atoms with Crippen molar-refractivity contribution in [2.24, 2.45) is 0 Å². The number of hydrogen-bond acceptors (Lipinski definition) is 3. The number of aliphatic hydroxyl groups is 1. The van der Waals surface area contributed by atoms with Crippen molar-refractivity contribution in [2.75, 3.05) is 4.90 Å². The summed E-state index contributed by atoms with van der Waals surface area (Å²) in [6.07, 6.45) is 5.82. The quantitative estimate of drug-likeness (QED) is 0.895. The van der Waals surface area contributed by atoms with Gasteiger partial charge in [0.1, 0.15) is 0 Å². The van der Waals surface area contributed by atoms with Crippen molar-refractivity contribution >= 4 is 11.4 Å². The maximum absolute atomic E-state index is 9.53. The number of hydrogen-bond donors (Lipinski definition) is 1. The first-order valence-corrected chi connectivity index (χ1v) is 6.72. The number of aryl methyl sites for hydroxylation is 1. The highest BCUT2D eigenvalue weighted by Crippen LogP contribution is 2.37. The fourth-order valence-electron chi connectivity index (χ4n) is 2.82. The third-order valence-corrected chi connectivity index (χ3v) is 3.84. The lowest BCUT2D eigenvalue weighted by Crippen LogP contribution is -2.33. The van der Waals surface area contributed by atoms with Gasteiger partial charge in [0.05, 0.1) is 18.5 Å². The van der Waals surface area contributed by atoms with Crippen LogP contribution in [0.15, 0.2) is 42.7 Å². The Kier molecular flexibility index (Phi) is 3.22. The summed E-state index contributed by atoms with van der Waals surface area (Å²) in [6.45, 7) is 2.27. The summed E-state index contributed by atoms with van der Waals surface area (Å²) in [6, 6.07) is 10.8. The Labute approximate surface area is 113 Å². The summed E-state index contributed by atoms with van der Waals surface area (Å²) in [7, 11) is 0. The molecule has 98 valence electrons. The van der Waals surface area contributed by atoms with Crippen LogP contribution in [0.4, 0.5) is 11.4 Å². The molecule has 0 saturated carbocycles. The van der Waals surface area contributed by atoms with Crippen LogP contribution in [0.5, 0.6) is 0 Å². The molecule has 1 aliphatic rings. The molecule has 1 N–H and O–H groups in total. The van der Waals surface area contributed by atoms with Crippen LogP contribution in [0.1, 0.15) is 24.5 Å². The van der Waals surface area contributed by atoms with Crippen LogP contribution in [0, 0.1) is 0 Å². The molecule has 1 unspecified atom stereocenters. The SMILES string of the molecule is CC1CCc2ccccc2N1c1cnccc1CO. The second-order valence-electron chi connectivity index (χ2n) is 5.05. The highest BCUT2D eigenvalue weighted by molar-refractivity contribution is 5.70. The maximum atomic E-state index is 9.53. The van der Waals surface area contributed by atoms with Crippen LogP contribution in [0.3, 0.4) is 0 Å². The Balaban J connectivity index is 2.13. The number of anilines is 2. The topological polar surface area (TPSA) is 36.4 Å². The van der Waals surface area contributed by atoms with E-state index in [1.807, 2.05) is 12.3 Å². The lowest BCUT2D eigenvalue weighted by Gasteiger charge is -2.37. The molecule has 0 radical (unpaired) electrons. The van der Waals surface area contributed by atoms with Crippen molar-refractivity contribution in [2.45, 2.75) is 32.4 Å². The summed E-state index contributed by atoms with van der Waals surface area (Å²) in [5.74, 6) is 0. The maximum Gasteiger partial charge on any atom is 0.0703 e. The molecule has 19 heavy (non-hydrogen) atoms. The molecule has 1 aromatic carbocycles. The van der Waals surface area contributed by atoms with E-state index in [-0.39, 0.29) is 6.61 Å². The van der Waals surface area contributed by atoms with Crippen molar-refractivity contribution in [1.29, 1.82) is 0 Å². The number of benzene rings is 1. The molecule has 0 fully saturated rings. The Morgan fingerprint density at radius 2 is 2.11 bits per heavy atom. The minimum atomic E-state index is 0.0449. The highest BCUT2D eigenvalue weighted by Gasteiger charge is 2.25. The first-order chi connectivity index (χ1) is 9.31. The van der Waals surface area contributed by atoms with Crippen LogP contribution in [-0.4, -0.2) is 16.1 Å². The minimum Gasteiger partial charge on any atom is -0.392 e. The monoisotopic (exact) mass is 254 g/mol. The van der Waals surface area contributed by atoms with Crippen LogP contribution < -0.4 is 4.90 Å². The van der Waals surface area contributed by atoms with Gasteiger partial charge in [0.15, 0.2) is 0 Å². The second kappa shape index (κ2) is 5.02. The number of aliphatic hydroxyl groups excluding tert-OH is 1. The van der Waals surface area contributed by atoms with E-state index >= 15 is 0 Å². The van der Waals surface area contributed by atoms with Gasteiger partial charge >= 0.3 is 0 Å². The molecule has 0 aliphatic carbocycles. The standard InChI is InChI=1S/C16H18N2O/c1-12-6-7-13-4-2-3-5-15(13)18(12)16-10-17-9-8-14(16)11-19/h2-5,8-10,12,19H,6-7,11H2,1H3. The van der Waals surface area contributed by atoms with Gasteiger partial charge in [-0.15, -0.1) is 0 Å². The second-order valence-corrected chi connectivity index (χ2v) is 5.05. The van der Waals surface area contributed by atoms with Gasteiger partial charge in [0.2, 0.25) is 0 Å². The summed E-state index contributed by atoms with van der Waals surface area (Å²) in [4.78, 5) is 6.53. The first-order valence-electron chi connectivity index (χ1n) is 6.72. The van der Waals surface area contributed by atoms with Crippen LogP contribution in [-0.2, 0) is 13.0 Å². The van der Waals surface area contributed by atoms with E-state index in [1.54, 1.807) is 6.20 Å². The van der Waals surface area contributed by atoms with Gasteiger partial charge in [-0.05, 0) is 37.5 Å². The molecule has 3 nitrogen and oxygen atoms in total.